The van der Waals surface area contributed by atoms with Crippen molar-refractivity contribution < 1.29 is 23.1 Å². The number of benzene rings is 1. The highest BCUT2D eigenvalue weighted by molar-refractivity contribution is 7.89. The topological polar surface area (TPSA) is 92.7 Å². The number of aromatic carboxylic acids is 1. The van der Waals surface area contributed by atoms with Crippen LogP contribution in [0.25, 0.3) is 0 Å². The maximum absolute atomic E-state index is 12.3. The summed E-state index contributed by atoms with van der Waals surface area (Å²) in [4.78, 5) is 10.8. The summed E-state index contributed by atoms with van der Waals surface area (Å²) < 4.78 is 32.1. The van der Waals surface area contributed by atoms with Crippen LogP contribution in [-0.4, -0.2) is 33.1 Å². The highest BCUT2D eigenvalue weighted by Gasteiger charge is 2.22. The van der Waals surface area contributed by atoms with Crippen LogP contribution in [0.5, 0.6) is 5.75 Å². The van der Waals surface area contributed by atoms with Crippen molar-refractivity contribution in [3.8, 4) is 5.75 Å². The third-order valence-electron chi connectivity index (χ3n) is 2.87. The Balaban J connectivity index is 3.06. The smallest absolute Gasteiger partial charge is 0.335 e. The summed E-state index contributed by atoms with van der Waals surface area (Å²) >= 11 is 0. The maximum atomic E-state index is 12.3. The van der Waals surface area contributed by atoms with Crippen molar-refractivity contribution in [1.82, 2.24) is 4.72 Å². The monoisotopic (exact) mass is 315 g/mol. The number of carboxylic acid groups (broad SMARTS) is 1. The minimum atomic E-state index is -3.82. The molecule has 21 heavy (non-hydrogen) atoms. The van der Waals surface area contributed by atoms with Crippen LogP contribution in [0.1, 0.15) is 37.6 Å². The molecule has 1 aromatic carbocycles. The quantitative estimate of drug-likeness (QED) is 0.838. The van der Waals surface area contributed by atoms with E-state index in [2.05, 4.69) is 4.72 Å². The molecule has 0 spiro atoms. The Morgan fingerprint density at radius 1 is 1.33 bits per heavy atom. The van der Waals surface area contributed by atoms with Crippen molar-refractivity contribution in [2.75, 3.05) is 13.7 Å². The summed E-state index contributed by atoms with van der Waals surface area (Å²) in [6.45, 7) is 6.29. The van der Waals surface area contributed by atoms with Gasteiger partial charge in [-0.1, -0.05) is 20.8 Å². The van der Waals surface area contributed by atoms with Crippen molar-refractivity contribution in [3.63, 3.8) is 0 Å². The number of hydrogen-bond donors (Lipinski definition) is 2. The zero-order valence-corrected chi connectivity index (χ0v) is 13.5. The number of methoxy groups -OCH3 is 1. The number of rotatable bonds is 6. The molecule has 0 bridgehead atoms. The van der Waals surface area contributed by atoms with Gasteiger partial charge in [0.1, 0.15) is 10.6 Å². The van der Waals surface area contributed by atoms with Gasteiger partial charge in [-0.15, -0.1) is 0 Å². The van der Waals surface area contributed by atoms with E-state index in [0.29, 0.717) is 6.42 Å². The second-order valence-corrected chi connectivity index (χ2v) is 7.61. The van der Waals surface area contributed by atoms with Crippen LogP contribution in [0.4, 0.5) is 0 Å². The van der Waals surface area contributed by atoms with Gasteiger partial charge in [-0.3, -0.25) is 0 Å². The van der Waals surface area contributed by atoms with Gasteiger partial charge in [-0.05, 0) is 30.0 Å². The van der Waals surface area contributed by atoms with Gasteiger partial charge in [0.05, 0.1) is 12.7 Å². The molecule has 0 saturated carbocycles. The Kier molecular flexibility index (Phi) is 5.36. The molecule has 0 radical (unpaired) electrons. The number of ether oxygens (including phenoxy) is 1. The third kappa shape index (κ3) is 5.02. The minimum Gasteiger partial charge on any atom is -0.495 e. The first-order valence-electron chi connectivity index (χ1n) is 6.48. The van der Waals surface area contributed by atoms with Crippen LogP contribution in [0.15, 0.2) is 23.1 Å². The molecule has 0 aliphatic heterocycles. The van der Waals surface area contributed by atoms with Gasteiger partial charge in [-0.25, -0.2) is 17.9 Å². The molecule has 0 saturated heterocycles. The van der Waals surface area contributed by atoms with E-state index >= 15 is 0 Å². The highest BCUT2D eigenvalue weighted by Crippen LogP contribution is 2.25. The van der Waals surface area contributed by atoms with E-state index in [-0.39, 0.29) is 28.2 Å². The van der Waals surface area contributed by atoms with Gasteiger partial charge >= 0.3 is 5.97 Å². The Labute approximate surface area is 125 Å². The lowest BCUT2D eigenvalue weighted by atomic mass is 9.93. The second-order valence-electron chi connectivity index (χ2n) is 5.88. The Bertz CT molecular complexity index is 617. The molecule has 0 atom stereocenters. The van der Waals surface area contributed by atoms with Crippen LogP contribution >= 0.6 is 0 Å². The molecule has 0 amide bonds. The number of nitrogens with one attached hydrogen (secondary N) is 1. The van der Waals surface area contributed by atoms with Crippen LogP contribution in [0, 0.1) is 5.41 Å². The molecule has 0 unspecified atom stereocenters. The first kappa shape index (κ1) is 17.5. The average molecular weight is 315 g/mol. The van der Waals surface area contributed by atoms with E-state index in [9.17, 15) is 13.2 Å². The zero-order valence-electron chi connectivity index (χ0n) is 12.6. The fourth-order valence-electron chi connectivity index (χ4n) is 1.66. The summed E-state index contributed by atoms with van der Waals surface area (Å²) in [5.41, 5.74) is -0.109. The fraction of sp³-hybridized carbons (Fsp3) is 0.500. The summed E-state index contributed by atoms with van der Waals surface area (Å²) in [7, 11) is -2.48. The molecule has 1 rings (SSSR count). The third-order valence-corrected chi connectivity index (χ3v) is 4.35. The first-order valence-corrected chi connectivity index (χ1v) is 7.96. The molecule has 2 N–H and O–H groups in total. The first-order chi connectivity index (χ1) is 9.57. The normalized spacial score (nSPS) is 12.2. The molecule has 0 fully saturated rings. The van der Waals surface area contributed by atoms with Gasteiger partial charge in [-0.2, -0.15) is 0 Å². The standard InChI is InChI=1S/C14H21NO5S/c1-14(2,3)7-8-15-21(18,19)12-9-10(13(16)17)5-6-11(12)20-4/h5-6,9,15H,7-8H2,1-4H3,(H,16,17). The average Bonchev–Trinajstić information content (AvgIpc) is 2.36. The van der Waals surface area contributed by atoms with E-state index in [1.165, 1.54) is 19.2 Å². The van der Waals surface area contributed by atoms with E-state index in [1.807, 2.05) is 20.8 Å². The van der Waals surface area contributed by atoms with Gasteiger partial charge in [0.15, 0.2) is 0 Å². The number of sulfonamides is 1. The Morgan fingerprint density at radius 2 is 1.95 bits per heavy atom. The van der Waals surface area contributed by atoms with Crippen molar-refractivity contribution in [2.45, 2.75) is 32.1 Å². The van der Waals surface area contributed by atoms with Crippen LogP contribution in [0.2, 0.25) is 0 Å². The molecule has 118 valence electrons. The lowest BCUT2D eigenvalue weighted by molar-refractivity contribution is 0.0696. The summed E-state index contributed by atoms with van der Waals surface area (Å²) in [6, 6.07) is 3.73. The van der Waals surface area contributed by atoms with E-state index < -0.39 is 16.0 Å². The van der Waals surface area contributed by atoms with Crippen LogP contribution in [-0.2, 0) is 10.0 Å². The Hall–Kier alpha value is -1.60. The number of hydrogen-bond acceptors (Lipinski definition) is 4. The maximum Gasteiger partial charge on any atom is 0.335 e. The molecule has 1 aromatic rings. The molecule has 0 aromatic heterocycles. The molecule has 0 aliphatic rings. The van der Waals surface area contributed by atoms with E-state index in [4.69, 9.17) is 9.84 Å². The van der Waals surface area contributed by atoms with Crippen LogP contribution < -0.4 is 9.46 Å². The van der Waals surface area contributed by atoms with E-state index in [0.717, 1.165) is 6.07 Å². The lowest BCUT2D eigenvalue weighted by Gasteiger charge is -2.18. The van der Waals surface area contributed by atoms with Gasteiger partial charge in [0.2, 0.25) is 10.0 Å². The number of carboxylic acids is 1. The second kappa shape index (κ2) is 6.44. The van der Waals surface area contributed by atoms with Crippen molar-refractivity contribution in [3.05, 3.63) is 23.8 Å². The summed E-state index contributed by atoms with van der Waals surface area (Å²) in [6.07, 6.45) is 0.660. The molecule has 0 aliphatic carbocycles. The Morgan fingerprint density at radius 3 is 2.43 bits per heavy atom. The van der Waals surface area contributed by atoms with Crippen molar-refractivity contribution in [1.29, 1.82) is 0 Å². The van der Waals surface area contributed by atoms with Gasteiger partial charge < -0.3 is 9.84 Å². The van der Waals surface area contributed by atoms with Crippen molar-refractivity contribution >= 4 is 16.0 Å². The fourth-order valence-corrected chi connectivity index (χ4v) is 2.88. The highest BCUT2D eigenvalue weighted by atomic mass is 32.2. The van der Waals surface area contributed by atoms with E-state index in [1.54, 1.807) is 0 Å². The minimum absolute atomic E-state index is 0.00445. The lowest BCUT2D eigenvalue weighted by Crippen LogP contribution is -2.28. The predicted molar refractivity (Wildman–Crippen MR) is 79.2 cm³/mol. The van der Waals surface area contributed by atoms with Gasteiger partial charge in [0, 0.05) is 6.54 Å². The molecule has 6 nitrogen and oxygen atoms in total. The largest absolute Gasteiger partial charge is 0.495 e. The molecular weight excluding hydrogens is 294 g/mol. The van der Waals surface area contributed by atoms with Crippen LogP contribution in [0.3, 0.4) is 0 Å². The summed E-state index contributed by atoms with van der Waals surface area (Å²) in [5, 5.41) is 8.97. The zero-order chi connectivity index (χ0) is 16.3. The van der Waals surface area contributed by atoms with Gasteiger partial charge in [0.25, 0.3) is 0 Å². The number of carbonyl (C=O) groups is 1. The molecule has 0 heterocycles. The predicted octanol–water partition coefficient (Wildman–Crippen LogP) is 2.11. The molecule has 7 heteroatoms. The molecular formula is C14H21NO5S. The van der Waals surface area contributed by atoms with Crippen molar-refractivity contribution in [2.24, 2.45) is 5.41 Å². The summed E-state index contributed by atoms with van der Waals surface area (Å²) in [5.74, 6) is -1.08. The SMILES string of the molecule is COc1ccc(C(=O)O)cc1S(=O)(=O)NCCC(C)(C)C.